The monoisotopic (exact) mass is 638 g/mol. The predicted octanol–water partition coefficient (Wildman–Crippen LogP) is 3.28. The van der Waals surface area contributed by atoms with Crippen molar-refractivity contribution in [3.05, 3.63) is 59.3 Å². The molecule has 0 spiro atoms. The zero-order valence-corrected chi connectivity index (χ0v) is 24.4. The van der Waals surface area contributed by atoms with Crippen molar-refractivity contribution >= 4 is 40.6 Å². The fraction of sp³-hybridized carbons (Fsp3) is 0.379. The summed E-state index contributed by atoms with van der Waals surface area (Å²) in [6.07, 6.45) is 0.569. The minimum Gasteiger partial charge on any atom is -0.339 e. The van der Waals surface area contributed by atoms with Crippen molar-refractivity contribution in [2.45, 2.75) is 12.7 Å². The molecule has 1 saturated carbocycles. The van der Waals surface area contributed by atoms with Gasteiger partial charge in [-0.2, -0.15) is 23.5 Å². The molecule has 232 valence electrons. The van der Waals surface area contributed by atoms with Crippen molar-refractivity contribution in [2.24, 2.45) is 17.8 Å². The zero-order chi connectivity index (χ0) is 31.5. The normalized spacial score (nSPS) is 21.1. The third kappa shape index (κ3) is 5.23. The van der Waals surface area contributed by atoms with Crippen LogP contribution in [0.1, 0.15) is 16.1 Å². The first-order valence-electron chi connectivity index (χ1n) is 14.3. The van der Waals surface area contributed by atoms with Crippen LogP contribution < -0.4 is 10.6 Å². The Bertz CT molecular complexity index is 1850. The first-order chi connectivity index (χ1) is 21.6. The van der Waals surface area contributed by atoms with Crippen LogP contribution in [0, 0.1) is 29.1 Å². The third-order valence-corrected chi connectivity index (χ3v) is 9.00. The van der Waals surface area contributed by atoms with Crippen molar-refractivity contribution in [1.29, 1.82) is 5.26 Å². The highest BCUT2D eigenvalue weighted by molar-refractivity contribution is 6.34. The average molecular weight is 639 g/mol. The van der Waals surface area contributed by atoms with E-state index in [1.54, 1.807) is 29.2 Å². The molecular weight excluding hydrogens is 613 g/mol. The van der Waals surface area contributed by atoms with Gasteiger partial charge >= 0.3 is 6.18 Å². The van der Waals surface area contributed by atoms with Gasteiger partial charge in [-0.25, -0.2) is 9.97 Å². The molecule has 4 aromatic rings. The average Bonchev–Trinajstić information content (AvgIpc) is 3.44. The lowest BCUT2D eigenvalue weighted by molar-refractivity contribution is -0.141. The maximum absolute atomic E-state index is 13.8. The predicted molar refractivity (Wildman–Crippen MR) is 155 cm³/mol. The van der Waals surface area contributed by atoms with Crippen LogP contribution >= 0.6 is 11.6 Å². The number of piperazine rings is 1. The summed E-state index contributed by atoms with van der Waals surface area (Å²) in [5.74, 6) is 1.21. The summed E-state index contributed by atoms with van der Waals surface area (Å²) in [5, 5.41) is 19.1. The van der Waals surface area contributed by atoms with E-state index in [1.165, 1.54) is 23.0 Å². The van der Waals surface area contributed by atoms with Gasteiger partial charge in [0.15, 0.2) is 17.2 Å². The summed E-state index contributed by atoms with van der Waals surface area (Å²) in [6, 6.07) is 6.60. The second-order valence-electron chi connectivity index (χ2n) is 11.3. The van der Waals surface area contributed by atoms with E-state index in [2.05, 4.69) is 25.7 Å². The Morgan fingerprint density at radius 3 is 2.53 bits per heavy atom. The lowest BCUT2D eigenvalue weighted by atomic mass is 10.1. The zero-order valence-electron chi connectivity index (χ0n) is 23.6. The van der Waals surface area contributed by atoms with Gasteiger partial charge in [-0.05, 0) is 43.1 Å². The van der Waals surface area contributed by atoms with Gasteiger partial charge in [0.05, 0.1) is 34.1 Å². The summed E-state index contributed by atoms with van der Waals surface area (Å²) >= 11 is 6.55. The molecule has 0 radical (unpaired) electrons. The summed E-state index contributed by atoms with van der Waals surface area (Å²) < 4.78 is 43.6. The molecule has 5 heterocycles. The molecule has 7 rings (SSSR count). The van der Waals surface area contributed by atoms with Crippen LogP contribution in [0.4, 0.5) is 24.7 Å². The van der Waals surface area contributed by atoms with Crippen LogP contribution in [0.25, 0.3) is 16.9 Å². The SMILES string of the molecule is N#CCn1cc(-c2cnc3c(Nc4ccc(C(=O)N5CCN(C(=O)C6[C@H]7CNC[C@@H]67)CC5)c(Cl)c4)nccn23)c(C(F)(F)F)n1. The van der Waals surface area contributed by atoms with E-state index in [0.29, 0.717) is 49.3 Å². The molecule has 12 nitrogen and oxygen atoms in total. The van der Waals surface area contributed by atoms with Crippen LogP contribution in [0.5, 0.6) is 0 Å². The molecule has 3 atom stereocenters. The largest absolute Gasteiger partial charge is 0.435 e. The highest BCUT2D eigenvalue weighted by Gasteiger charge is 2.58. The number of halogens is 4. The van der Waals surface area contributed by atoms with Crippen LogP contribution in [0.3, 0.4) is 0 Å². The molecular formula is C29H26ClF3N10O2. The number of hydrogen-bond donors (Lipinski definition) is 2. The van der Waals surface area contributed by atoms with E-state index in [-0.39, 0.29) is 52.0 Å². The van der Waals surface area contributed by atoms with Gasteiger partial charge in [0.1, 0.15) is 6.54 Å². The number of anilines is 2. The van der Waals surface area contributed by atoms with Crippen LogP contribution in [0.15, 0.2) is 43.0 Å². The quantitative estimate of drug-likeness (QED) is 0.328. The topological polar surface area (TPSA) is 136 Å². The molecule has 0 bridgehead atoms. The number of nitriles is 1. The Morgan fingerprint density at radius 1 is 1.11 bits per heavy atom. The van der Waals surface area contributed by atoms with Gasteiger partial charge in [-0.1, -0.05) is 11.6 Å². The van der Waals surface area contributed by atoms with Gasteiger partial charge in [-0.3, -0.25) is 18.7 Å². The summed E-state index contributed by atoms with van der Waals surface area (Å²) in [5.41, 5.74) is -0.208. The molecule has 1 aromatic carbocycles. The van der Waals surface area contributed by atoms with Gasteiger partial charge in [0.25, 0.3) is 5.91 Å². The molecule has 2 N–H and O–H groups in total. The van der Waals surface area contributed by atoms with Gasteiger partial charge < -0.3 is 20.4 Å². The molecule has 1 unspecified atom stereocenters. The lowest BCUT2D eigenvalue weighted by Gasteiger charge is -2.35. The van der Waals surface area contributed by atoms with Crippen molar-refractivity contribution < 1.29 is 22.8 Å². The fourth-order valence-corrected chi connectivity index (χ4v) is 6.64. The van der Waals surface area contributed by atoms with E-state index >= 15 is 0 Å². The van der Waals surface area contributed by atoms with Crippen molar-refractivity contribution in [3.63, 3.8) is 0 Å². The molecule has 16 heteroatoms. The summed E-state index contributed by atoms with van der Waals surface area (Å²) in [4.78, 5) is 38.3. The second-order valence-corrected chi connectivity index (χ2v) is 11.7. The van der Waals surface area contributed by atoms with E-state index < -0.39 is 11.9 Å². The second kappa shape index (κ2) is 11.0. The van der Waals surface area contributed by atoms with Crippen LogP contribution in [-0.2, 0) is 17.5 Å². The molecule has 2 aliphatic heterocycles. The molecule has 1 aliphatic carbocycles. The first kappa shape index (κ1) is 29.1. The summed E-state index contributed by atoms with van der Waals surface area (Å²) in [6.45, 7) is 3.26. The van der Waals surface area contributed by atoms with Crippen molar-refractivity contribution in [2.75, 3.05) is 44.6 Å². The number of alkyl halides is 3. The Kier molecular flexibility index (Phi) is 7.13. The number of fused-ring (bicyclic) bond motifs is 2. The van der Waals surface area contributed by atoms with Crippen LogP contribution in [-0.4, -0.2) is 85.0 Å². The highest BCUT2D eigenvalue weighted by atomic mass is 35.5. The van der Waals surface area contributed by atoms with E-state index in [9.17, 15) is 22.8 Å². The third-order valence-electron chi connectivity index (χ3n) is 8.68. The van der Waals surface area contributed by atoms with E-state index in [1.807, 2.05) is 4.90 Å². The van der Waals surface area contributed by atoms with Gasteiger partial charge in [0.2, 0.25) is 5.91 Å². The maximum atomic E-state index is 13.8. The summed E-state index contributed by atoms with van der Waals surface area (Å²) in [7, 11) is 0. The fourth-order valence-electron chi connectivity index (χ4n) is 6.38. The number of nitrogens with one attached hydrogen (secondary N) is 2. The van der Waals surface area contributed by atoms with Gasteiger partial charge in [0, 0.05) is 56.4 Å². The van der Waals surface area contributed by atoms with Gasteiger partial charge in [-0.15, -0.1) is 0 Å². The molecule has 3 aromatic heterocycles. The Hall–Kier alpha value is -4.68. The van der Waals surface area contributed by atoms with E-state index in [0.717, 1.165) is 24.0 Å². The molecule has 2 saturated heterocycles. The standard InChI is InChI=1S/C29H26ClF3N10O2/c30-21-11-16(1-2-17(21)27(44)40-7-9-41(10-8-40)28(45)23-18-12-35-13-19(18)23)38-25-26-37-14-22(43(26)6-4-36-25)20-15-42(5-3-34)39-24(20)29(31,32)33/h1-2,4,6,11,14-15,18-19,23,35H,5,7-10,12-13H2,(H,36,38)/t18-,19+,23?. The number of imidazole rings is 1. The van der Waals surface area contributed by atoms with Crippen molar-refractivity contribution in [3.8, 4) is 17.3 Å². The molecule has 2 amide bonds. The molecule has 3 fully saturated rings. The Morgan fingerprint density at radius 2 is 1.84 bits per heavy atom. The van der Waals surface area contributed by atoms with Crippen molar-refractivity contribution in [1.82, 2.24) is 39.3 Å². The van der Waals surface area contributed by atoms with Crippen LogP contribution in [0.2, 0.25) is 5.02 Å². The lowest BCUT2D eigenvalue weighted by Crippen LogP contribution is -2.51. The minimum atomic E-state index is -4.75. The number of benzene rings is 1. The number of carbonyl (C=O) groups is 2. The number of rotatable bonds is 6. The Balaban J connectivity index is 1.06. The number of piperidine rings is 1. The first-order valence-corrected chi connectivity index (χ1v) is 14.7. The number of amides is 2. The number of hydrogen-bond acceptors (Lipinski definition) is 8. The number of carbonyl (C=O) groups excluding carboxylic acids is 2. The number of nitrogens with zero attached hydrogens (tertiary/aromatic N) is 8. The number of aromatic nitrogens is 5. The molecule has 3 aliphatic rings. The minimum absolute atomic E-state index is 0.114. The van der Waals surface area contributed by atoms with E-state index in [4.69, 9.17) is 16.9 Å². The maximum Gasteiger partial charge on any atom is 0.435 e. The smallest absolute Gasteiger partial charge is 0.339 e. The molecule has 45 heavy (non-hydrogen) atoms. The highest BCUT2D eigenvalue weighted by Crippen LogP contribution is 2.49. The Labute approximate surface area is 259 Å².